The van der Waals surface area contributed by atoms with Crippen LogP contribution in [-0.4, -0.2) is 33.5 Å². The maximum Gasteiger partial charge on any atom is 0.230 e. The first-order valence-corrected chi connectivity index (χ1v) is 9.62. The highest BCUT2D eigenvalue weighted by Gasteiger charge is 2.12. The molecule has 0 saturated heterocycles. The van der Waals surface area contributed by atoms with E-state index in [1.807, 2.05) is 30.7 Å². The van der Waals surface area contributed by atoms with Crippen LogP contribution in [-0.2, 0) is 4.79 Å². The molecule has 1 amide bonds. The van der Waals surface area contributed by atoms with Crippen molar-refractivity contribution in [3.05, 3.63) is 77.6 Å². The molecule has 0 fully saturated rings. The number of hydrogen-bond donors (Lipinski definition) is 1. The van der Waals surface area contributed by atoms with Gasteiger partial charge in [0.25, 0.3) is 0 Å². The molecular weight excluding hydrogens is 358 g/mol. The molecule has 6 heteroatoms. The SMILES string of the molecule is Cc1ccc(C)c(-n2ccnc2SCC(=O)NCC(=O)c2ccccc2)c1. The van der Waals surface area contributed by atoms with Crippen LogP contribution in [0.15, 0.2) is 66.1 Å². The minimum absolute atomic E-state index is 0.00512. The first-order chi connectivity index (χ1) is 13.0. The van der Waals surface area contributed by atoms with Crippen molar-refractivity contribution in [2.24, 2.45) is 0 Å². The Bertz CT molecular complexity index is 951. The third kappa shape index (κ3) is 4.86. The van der Waals surface area contributed by atoms with Crippen LogP contribution in [0, 0.1) is 13.8 Å². The smallest absolute Gasteiger partial charge is 0.230 e. The standard InChI is InChI=1S/C21H21N3O2S/c1-15-8-9-16(2)18(12-15)24-11-10-22-21(24)27-14-20(26)23-13-19(25)17-6-4-3-5-7-17/h3-12H,13-14H2,1-2H3,(H,23,26). The van der Waals surface area contributed by atoms with Gasteiger partial charge < -0.3 is 5.32 Å². The number of amides is 1. The predicted octanol–water partition coefficient (Wildman–Crippen LogP) is 3.58. The molecule has 3 rings (SSSR count). The van der Waals surface area contributed by atoms with Gasteiger partial charge in [0.2, 0.25) is 5.91 Å². The summed E-state index contributed by atoms with van der Waals surface area (Å²) in [5.74, 6) is -0.102. The van der Waals surface area contributed by atoms with Crippen molar-refractivity contribution in [3.63, 3.8) is 0 Å². The lowest BCUT2D eigenvalue weighted by atomic mass is 10.1. The van der Waals surface area contributed by atoms with Crippen LogP contribution in [0.5, 0.6) is 0 Å². The van der Waals surface area contributed by atoms with Crippen molar-refractivity contribution < 1.29 is 9.59 Å². The number of Topliss-reactive ketones (excluding diaryl/α,β-unsaturated/α-hetero) is 1. The average Bonchev–Trinajstić information content (AvgIpc) is 3.15. The number of thioether (sulfide) groups is 1. The minimum atomic E-state index is -0.195. The summed E-state index contributed by atoms with van der Waals surface area (Å²) in [4.78, 5) is 28.5. The quantitative estimate of drug-likeness (QED) is 0.503. The molecule has 1 heterocycles. The molecule has 3 aromatic rings. The van der Waals surface area contributed by atoms with Crippen LogP contribution < -0.4 is 5.32 Å². The van der Waals surface area contributed by atoms with Crippen LogP contribution in [0.1, 0.15) is 21.5 Å². The second kappa shape index (κ2) is 8.68. The number of nitrogens with zero attached hydrogens (tertiary/aromatic N) is 2. The van der Waals surface area contributed by atoms with Crippen LogP contribution >= 0.6 is 11.8 Å². The van der Waals surface area contributed by atoms with Gasteiger partial charge in [0.05, 0.1) is 18.0 Å². The molecule has 0 aliphatic carbocycles. The molecule has 0 bridgehead atoms. The van der Waals surface area contributed by atoms with E-state index in [9.17, 15) is 9.59 Å². The highest BCUT2D eigenvalue weighted by molar-refractivity contribution is 7.99. The van der Waals surface area contributed by atoms with Crippen LogP contribution in [0.2, 0.25) is 0 Å². The summed E-state index contributed by atoms with van der Waals surface area (Å²) < 4.78 is 1.98. The van der Waals surface area contributed by atoms with Gasteiger partial charge in [-0.3, -0.25) is 14.2 Å². The molecule has 0 radical (unpaired) electrons. The molecule has 0 aliphatic heterocycles. The lowest BCUT2D eigenvalue weighted by Crippen LogP contribution is -2.30. The molecule has 5 nitrogen and oxygen atoms in total. The lowest BCUT2D eigenvalue weighted by Gasteiger charge is -2.11. The van der Waals surface area contributed by atoms with Crippen LogP contribution in [0.25, 0.3) is 5.69 Å². The zero-order chi connectivity index (χ0) is 19.2. The van der Waals surface area contributed by atoms with Crippen molar-refractivity contribution in [1.82, 2.24) is 14.9 Å². The third-order valence-electron chi connectivity index (χ3n) is 4.11. The molecule has 138 valence electrons. The minimum Gasteiger partial charge on any atom is -0.348 e. The maximum atomic E-state index is 12.1. The fraction of sp³-hybridized carbons (Fsp3) is 0.190. The van der Waals surface area contributed by atoms with Gasteiger partial charge in [-0.25, -0.2) is 4.98 Å². The number of hydrogen-bond acceptors (Lipinski definition) is 4. The highest BCUT2D eigenvalue weighted by Crippen LogP contribution is 2.23. The first kappa shape index (κ1) is 18.9. The van der Waals surface area contributed by atoms with E-state index in [2.05, 4.69) is 28.5 Å². The van der Waals surface area contributed by atoms with Gasteiger partial charge in [0.15, 0.2) is 10.9 Å². The van der Waals surface area contributed by atoms with E-state index in [0.717, 1.165) is 22.0 Å². The fourth-order valence-corrected chi connectivity index (χ4v) is 3.44. The Morgan fingerprint density at radius 2 is 1.89 bits per heavy atom. The van der Waals surface area contributed by atoms with Gasteiger partial charge >= 0.3 is 0 Å². The molecule has 2 aromatic carbocycles. The second-order valence-electron chi connectivity index (χ2n) is 6.22. The molecule has 0 spiro atoms. The fourth-order valence-electron chi connectivity index (χ4n) is 2.64. The molecule has 0 atom stereocenters. The predicted molar refractivity (Wildman–Crippen MR) is 108 cm³/mol. The lowest BCUT2D eigenvalue weighted by molar-refractivity contribution is -0.118. The second-order valence-corrected chi connectivity index (χ2v) is 7.17. The molecule has 0 aliphatic rings. The molecule has 27 heavy (non-hydrogen) atoms. The summed E-state index contributed by atoms with van der Waals surface area (Å²) in [7, 11) is 0. The molecular formula is C21H21N3O2S. The van der Waals surface area contributed by atoms with Crippen molar-refractivity contribution in [2.75, 3.05) is 12.3 Å². The zero-order valence-corrected chi connectivity index (χ0v) is 16.1. The van der Waals surface area contributed by atoms with Gasteiger partial charge in [-0.1, -0.05) is 54.2 Å². The zero-order valence-electron chi connectivity index (χ0n) is 15.3. The topological polar surface area (TPSA) is 64.0 Å². The van der Waals surface area contributed by atoms with E-state index in [-0.39, 0.29) is 24.0 Å². The van der Waals surface area contributed by atoms with Gasteiger partial charge in [-0.2, -0.15) is 0 Å². The summed E-state index contributed by atoms with van der Waals surface area (Å²) in [6.07, 6.45) is 3.61. The van der Waals surface area contributed by atoms with E-state index in [4.69, 9.17) is 0 Å². The summed E-state index contributed by atoms with van der Waals surface area (Å²) >= 11 is 1.35. The van der Waals surface area contributed by atoms with Crippen molar-refractivity contribution in [1.29, 1.82) is 0 Å². The van der Waals surface area contributed by atoms with E-state index in [0.29, 0.717) is 5.56 Å². The Balaban J connectivity index is 1.58. The van der Waals surface area contributed by atoms with Crippen LogP contribution in [0.3, 0.4) is 0 Å². The number of carbonyl (C=O) groups is 2. The van der Waals surface area contributed by atoms with Gasteiger partial charge in [-0.05, 0) is 31.0 Å². The van der Waals surface area contributed by atoms with Crippen molar-refractivity contribution in [2.45, 2.75) is 19.0 Å². The van der Waals surface area contributed by atoms with Gasteiger partial charge in [0, 0.05) is 18.0 Å². The van der Waals surface area contributed by atoms with E-state index in [1.165, 1.54) is 11.8 Å². The molecule has 1 aromatic heterocycles. The number of nitrogens with one attached hydrogen (secondary N) is 1. The first-order valence-electron chi connectivity index (χ1n) is 8.63. The number of ketones is 1. The number of benzene rings is 2. The van der Waals surface area contributed by atoms with Gasteiger partial charge in [-0.15, -0.1) is 0 Å². The Labute approximate surface area is 162 Å². The summed E-state index contributed by atoms with van der Waals surface area (Å²) in [6, 6.07) is 15.2. The summed E-state index contributed by atoms with van der Waals surface area (Å²) in [6.45, 7) is 4.09. The Morgan fingerprint density at radius 3 is 2.67 bits per heavy atom. The molecule has 0 saturated carbocycles. The Morgan fingerprint density at radius 1 is 1.11 bits per heavy atom. The molecule has 1 N–H and O–H groups in total. The Hall–Kier alpha value is -2.86. The van der Waals surface area contributed by atoms with E-state index >= 15 is 0 Å². The van der Waals surface area contributed by atoms with Crippen LogP contribution in [0.4, 0.5) is 0 Å². The van der Waals surface area contributed by atoms with Crippen molar-refractivity contribution >= 4 is 23.5 Å². The number of rotatable bonds is 7. The van der Waals surface area contributed by atoms with Crippen molar-refractivity contribution in [3.8, 4) is 5.69 Å². The summed E-state index contributed by atoms with van der Waals surface area (Å²) in [5.41, 5.74) is 3.95. The summed E-state index contributed by atoms with van der Waals surface area (Å²) in [5, 5.41) is 3.42. The Kier molecular flexibility index (Phi) is 6.08. The average molecular weight is 379 g/mol. The number of aromatic nitrogens is 2. The molecule has 0 unspecified atom stereocenters. The van der Waals surface area contributed by atoms with Gasteiger partial charge in [0.1, 0.15) is 0 Å². The number of carbonyl (C=O) groups excluding carboxylic acids is 2. The monoisotopic (exact) mass is 379 g/mol. The van der Waals surface area contributed by atoms with E-state index < -0.39 is 0 Å². The van der Waals surface area contributed by atoms with E-state index in [1.54, 1.807) is 30.5 Å². The highest BCUT2D eigenvalue weighted by atomic mass is 32.2. The largest absolute Gasteiger partial charge is 0.348 e. The maximum absolute atomic E-state index is 12.1. The third-order valence-corrected chi connectivity index (χ3v) is 5.07. The number of imidazole rings is 1. The normalized spacial score (nSPS) is 10.6. The number of aryl methyl sites for hydroxylation is 2.